The van der Waals surface area contributed by atoms with E-state index in [1.54, 1.807) is 12.1 Å². The Morgan fingerprint density at radius 1 is 0.943 bits per heavy atom. The molecule has 0 bridgehead atoms. The summed E-state index contributed by atoms with van der Waals surface area (Å²) in [5.41, 5.74) is 4.75. The number of phenols is 1. The Kier molecular flexibility index (Phi) is 12.5. The van der Waals surface area contributed by atoms with Crippen LogP contribution in [0.2, 0.25) is 0 Å². The number of benzene rings is 3. The van der Waals surface area contributed by atoms with E-state index in [4.69, 9.17) is 14.6 Å². The Morgan fingerprint density at radius 2 is 1.63 bits per heavy atom. The average molecular weight is 482 g/mol. The van der Waals surface area contributed by atoms with Crippen LogP contribution >= 0.6 is 0 Å². The van der Waals surface area contributed by atoms with Gasteiger partial charge < -0.3 is 30.5 Å². The molecule has 35 heavy (non-hydrogen) atoms. The van der Waals surface area contributed by atoms with Crippen molar-refractivity contribution in [1.82, 2.24) is 5.32 Å². The molecule has 0 aliphatic carbocycles. The Balaban J connectivity index is 0.00000100. The molecule has 7 nitrogen and oxygen atoms in total. The molecule has 0 amide bonds. The third-order valence-electron chi connectivity index (χ3n) is 5.22. The van der Waals surface area contributed by atoms with Gasteiger partial charge in [-0.25, -0.2) is 0 Å². The van der Waals surface area contributed by atoms with E-state index in [0.29, 0.717) is 30.9 Å². The maximum Gasteiger partial charge on any atom is 0.300 e. The highest BCUT2D eigenvalue weighted by molar-refractivity contribution is 5.62. The molecule has 3 aromatic carbocycles. The lowest BCUT2D eigenvalue weighted by molar-refractivity contribution is -0.134. The number of aliphatic carboxylic acids is 1. The van der Waals surface area contributed by atoms with Gasteiger partial charge in [-0.1, -0.05) is 60.7 Å². The number of carbonyl (C=O) groups is 1. The summed E-state index contributed by atoms with van der Waals surface area (Å²) >= 11 is 0. The molecule has 0 spiro atoms. The van der Waals surface area contributed by atoms with Gasteiger partial charge in [0, 0.05) is 19.0 Å². The van der Waals surface area contributed by atoms with Crippen molar-refractivity contribution >= 4 is 5.97 Å². The molecule has 0 heterocycles. The van der Waals surface area contributed by atoms with Crippen molar-refractivity contribution in [2.24, 2.45) is 0 Å². The summed E-state index contributed by atoms with van der Waals surface area (Å²) in [6, 6.07) is 23.5. The highest BCUT2D eigenvalue weighted by Crippen LogP contribution is 2.22. The first-order chi connectivity index (χ1) is 16.9. The van der Waals surface area contributed by atoms with Crippen LogP contribution in [-0.4, -0.2) is 46.1 Å². The average Bonchev–Trinajstić information content (AvgIpc) is 2.85. The first-order valence-electron chi connectivity index (χ1n) is 11.6. The first kappa shape index (κ1) is 28.0. The number of aliphatic hydroxyl groups is 2. The van der Waals surface area contributed by atoms with Crippen LogP contribution in [0.3, 0.4) is 0 Å². The monoisotopic (exact) mass is 481 g/mol. The minimum Gasteiger partial charge on any atom is -0.508 e. The van der Waals surface area contributed by atoms with E-state index in [1.807, 2.05) is 24.3 Å². The molecule has 0 unspecified atom stereocenters. The van der Waals surface area contributed by atoms with Crippen LogP contribution in [0, 0.1) is 0 Å². The largest absolute Gasteiger partial charge is 0.508 e. The highest BCUT2D eigenvalue weighted by Gasteiger charge is 2.10. The second-order valence-electron chi connectivity index (χ2n) is 8.14. The van der Waals surface area contributed by atoms with Gasteiger partial charge in [0.25, 0.3) is 5.97 Å². The second-order valence-corrected chi connectivity index (χ2v) is 8.14. The van der Waals surface area contributed by atoms with Crippen LogP contribution in [-0.2, 0) is 35.6 Å². The molecule has 0 aliphatic rings. The fourth-order valence-electron chi connectivity index (χ4n) is 3.43. The minimum atomic E-state index is -0.833. The smallest absolute Gasteiger partial charge is 0.300 e. The lowest BCUT2D eigenvalue weighted by Crippen LogP contribution is -2.23. The van der Waals surface area contributed by atoms with Crippen molar-refractivity contribution in [3.8, 4) is 5.75 Å². The number of aliphatic hydroxyl groups excluding tert-OH is 2. The molecule has 0 fully saturated rings. The van der Waals surface area contributed by atoms with Gasteiger partial charge in [0.2, 0.25) is 0 Å². The van der Waals surface area contributed by atoms with E-state index in [9.17, 15) is 15.3 Å². The predicted molar refractivity (Wildman–Crippen MR) is 135 cm³/mol. The molecule has 0 radical (unpaired) electrons. The van der Waals surface area contributed by atoms with Crippen molar-refractivity contribution < 1.29 is 30.0 Å². The Labute approximate surface area is 206 Å². The zero-order valence-electron chi connectivity index (χ0n) is 20.1. The lowest BCUT2D eigenvalue weighted by atomic mass is 10.0. The van der Waals surface area contributed by atoms with Crippen molar-refractivity contribution in [1.29, 1.82) is 0 Å². The third kappa shape index (κ3) is 11.2. The van der Waals surface area contributed by atoms with Crippen LogP contribution in [0.5, 0.6) is 5.75 Å². The lowest BCUT2D eigenvalue weighted by Gasteiger charge is -2.14. The molecular formula is C28H35NO6. The number of rotatable bonds is 12. The van der Waals surface area contributed by atoms with Gasteiger partial charge in [0.15, 0.2) is 0 Å². The van der Waals surface area contributed by atoms with Crippen molar-refractivity contribution in [2.45, 2.75) is 39.1 Å². The molecule has 188 valence electrons. The van der Waals surface area contributed by atoms with Gasteiger partial charge >= 0.3 is 0 Å². The summed E-state index contributed by atoms with van der Waals surface area (Å²) in [7, 11) is 0. The number of nitrogens with one attached hydrogen (secondary N) is 1. The second kappa shape index (κ2) is 15.6. The van der Waals surface area contributed by atoms with Gasteiger partial charge in [0.05, 0.1) is 25.9 Å². The number of hydrogen-bond acceptors (Lipinski definition) is 6. The quantitative estimate of drug-likeness (QED) is 0.251. The zero-order chi connectivity index (χ0) is 25.5. The SMILES string of the molecule is CC(=O)O.OCc1cc([C@@H](O)CNCCc2cccc(COCCc3ccccc3)c2)ccc1O. The fourth-order valence-corrected chi connectivity index (χ4v) is 3.43. The summed E-state index contributed by atoms with van der Waals surface area (Å²) in [6.45, 7) is 3.26. The molecule has 3 rings (SSSR count). The standard InChI is InChI=1S/C26H31NO4.C2H4O2/c28-18-24-16-23(9-10-25(24)29)26(30)17-27-13-11-21-7-4-8-22(15-21)19-31-14-12-20-5-2-1-3-6-20;1-2(3)4/h1-10,15-16,26-30H,11-14,17-19H2;1H3,(H,3,4)/t26-;/m0./s1. The highest BCUT2D eigenvalue weighted by atomic mass is 16.5. The Morgan fingerprint density at radius 3 is 2.34 bits per heavy atom. The molecule has 0 saturated heterocycles. The van der Waals surface area contributed by atoms with Crippen LogP contribution in [0.1, 0.15) is 40.8 Å². The van der Waals surface area contributed by atoms with Gasteiger partial charge in [-0.3, -0.25) is 4.79 Å². The maximum absolute atomic E-state index is 10.3. The van der Waals surface area contributed by atoms with Gasteiger partial charge in [-0.2, -0.15) is 0 Å². The fraction of sp³-hybridized carbons (Fsp3) is 0.321. The molecule has 5 N–H and O–H groups in total. The van der Waals surface area contributed by atoms with E-state index < -0.39 is 12.1 Å². The summed E-state index contributed by atoms with van der Waals surface area (Å²) in [5, 5.41) is 39.9. The number of carboxylic acid groups (broad SMARTS) is 1. The van der Waals surface area contributed by atoms with Crippen molar-refractivity contribution in [3.05, 3.63) is 101 Å². The molecular weight excluding hydrogens is 446 g/mol. The molecule has 0 aromatic heterocycles. The van der Waals surface area contributed by atoms with E-state index in [2.05, 4.69) is 35.6 Å². The topological polar surface area (TPSA) is 119 Å². The van der Waals surface area contributed by atoms with Gasteiger partial charge in [0.1, 0.15) is 5.75 Å². The number of aromatic hydroxyl groups is 1. The van der Waals surface area contributed by atoms with E-state index in [1.165, 1.54) is 17.2 Å². The maximum atomic E-state index is 10.3. The van der Waals surface area contributed by atoms with E-state index in [-0.39, 0.29) is 12.4 Å². The van der Waals surface area contributed by atoms with E-state index >= 15 is 0 Å². The molecule has 1 atom stereocenters. The number of carboxylic acids is 1. The van der Waals surface area contributed by atoms with E-state index in [0.717, 1.165) is 31.9 Å². The van der Waals surface area contributed by atoms with Gasteiger partial charge in [-0.05, 0) is 53.8 Å². The van der Waals surface area contributed by atoms with Crippen LogP contribution in [0.15, 0.2) is 72.8 Å². The third-order valence-corrected chi connectivity index (χ3v) is 5.22. The molecule has 0 aliphatic heterocycles. The summed E-state index contributed by atoms with van der Waals surface area (Å²) in [4.78, 5) is 9.00. The Hall–Kier alpha value is -3.23. The minimum absolute atomic E-state index is 0.0373. The van der Waals surface area contributed by atoms with Crippen LogP contribution < -0.4 is 5.32 Å². The summed E-state index contributed by atoms with van der Waals surface area (Å²) in [5.74, 6) is -0.796. The Bertz CT molecular complexity index is 1020. The van der Waals surface area contributed by atoms with Crippen molar-refractivity contribution in [2.75, 3.05) is 19.7 Å². The van der Waals surface area contributed by atoms with Crippen molar-refractivity contribution in [3.63, 3.8) is 0 Å². The number of ether oxygens (including phenoxy) is 1. The first-order valence-corrected chi connectivity index (χ1v) is 11.6. The molecule has 7 heteroatoms. The summed E-state index contributed by atoms with van der Waals surface area (Å²) < 4.78 is 5.83. The number of hydrogen-bond donors (Lipinski definition) is 5. The predicted octanol–water partition coefficient (Wildman–Crippen LogP) is 3.60. The molecule has 3 aromatic rings. The zero-order valence-corrected chi connectivity index (χ0v) is 20.1. The normalized spacial score (nSPS) is 11.4. The van der Waals surface area contributed by atoms with Gasteiger partial charge in [-0.15, -0.1) is 0 Å². The van der Waals surface area contributed by atoms with Crippen LogP contribution in [0.25, 0.3) is 0 Å². The molecule has 0 saturated carbocycles. The summed E-state index contributed by atoms with van der Waals surface area (Å²) in [6.07, 6.45) is 1.06. The van der Waals surface area contributed by atoms with Crippen LogP contribution in [0.4, 0.5) is 0 Å².